The van der Waals surface area contributed by atoms with Crippen LogP contribution in [0.15, 0.2) is 72.8 Å². The molecule has 0 aliphatic carbocycles. The molecule has 0 bridgehead atoms. The number of rotatable bonds is 7. The maximum atomic E-state index is 13.1. The van der Waals surface area contributed by atoms with E-state index in [0.717, 1.165) is 25.9 Å². The van der Waals surface area contributed by atoms with Gasteiger partial charge in [0.1, 0.15) is 5.82 Å². The number of carbonyl (C=O) groups is 3. The maximum absolute atomic E-state index is 13.1. The van der Waals surface area contributed by atoms with Crippen LogP contribution in [0.3, 0.4) is 0 Å². The van der Waals surface area contributed by atoms with Crippen molar-refractivity contribution in [2.45, 2.75) is 12.8 Å². The van der Waals surface area contributed by atoms with Gasteiger partial charge >= 0.3 is 0 Å². The number of halogens is 1. The van der Waals surface area contributed by atoms with Gasteiger partial charge in [0, 0.05) is 24.5 Å². The molecule has 34 heavy (non-hydrogen) atoms. The van der Waals surface area contributed by atoms with Crippen molar-refractivity contribution >= 4 is 34.8 Å². The van der Waals surface area contributed by atoms with Crippen LogP contribution in [0.4, 0.5) is 21.5 Å². The first-order valence-corrected chi connectivity index (χ1v) is 11.1. The highest BCUT2D eigenvalue weighted by atomic mass is 19.1. The fraction of sp³-hybridized carbons (Fsp3) is 0.192. The summed E-state index contributed by atoms with van der Waals surface area (Å²) in [5, 5.41) is 8.47. The molecule has 1 aliphatic heterocycles. The van der Waals surface area contributed by atoms with Gasteiger partial charge in [0.05, 0.1) is 23.4 Å². The SMILES string of the molecule is O=C(CNc1ccccc1C(=O)N1CCCC1)Nc1ccccc1C(=O)Nc1ccc(F)cc1. The lowest BCUT2D eigenvalue weighted by Gasteiger charge is -2.18. The molecule has 7 nitrogen and oxygen atoms in total. The molecule has 1 aliphatic rings. The van der Waals surface area contributed by atoms with Crippen molar-refractivity contribution in [3.05, 3.63) is 89.7 Å². The van der Waals surface area contributed by atoms with E-state index >= 15 is 0 Å². The standard InChI is InChI=1S/C26H25FN4O3/c27-18-11-13-19(14-12-18)29-25(33)20-7-1-4-10-23(20)30-24(32)17-28-22-9-3-2-8-21(22)26(34)31-15-5-6-16-31/h1-4,7-14,28H,5-6,15-17H2,(H,29,33)(H,30,32). The van der Waals surface area contributed by atoms with E-state index in [1.165, 1.54) is 24.3 Å². The van der Waals surface area contributed by atoms with Gasteiger partial charge in [-0.2, -0.15) is 0 Å². The summed E-state index contributed by atoms with van der Waals surface area (Å²) in [6.07, 6.45) is 2.00. The van der Waals surface area contributed by atoms with E-state index in [1.807, 2.05) is 4.90 Å². The summed E-state index contributed by atoms with van der Waals surface area (Å²) in [6.45, 7) is 1.40. The van der Waals surface area contributed by atoms with Crippen molar-refractivity contribution in [1.29, 1.82) is 0 Å². The lowest BCUT2D eigenvalue weighted by atomic mass is 10.1. The van der Waals surface area contributed by atoms with E-state index in [9.17, 15) is 18.8 Å². The number of likely N-dealkylation sites (tertiary alicyclic amines) is 1. The van der Waals surface area contributed by atoms with Gasteiger partial charge in [-0.1, -0.05) is 24.3 Å². The Bertz CT molecular complexity index is 1190. The summed E-state index contributed by atoms with van der Waals surface area (Å²) < 4.78 is 13.1. The Morgan fingerprint density at radius 3 is 2.09 bits per heavy atom. The fourth-order valence-corrected chi connectivity index (χ4v) is 3.81. The Morgan fingerprint density at radius 2 is 1.38 bits per heavy atom. The Labute approximate surface area is 197 Å². The van der Waals surface area contributed by atoms with E-state index in [2.05, 4.69) is 16.0 Å². The zero-order valence-electron chi connectivity index (χ0n) is 18.5. The molecule has 0 atom stereocenters. The molecule has 0 aromatic heterocycles. The first-order valence-electron chi connectivity index (χ1n) is 11.1. The lowest BCUT2D eigenvalue weighted by molar-refractivity contribution is -0.114. The normalized spacial score (nSPS) is 12.8. The van der Waals surface area contributed by atoms with Gasteiger partial charge in [-0.05, 0) is 61.4 Å². The summed E-state index contributed by atoms with van der Waals surface area (Å²) >= 11 is 0. The predicted octanol–water partition coefficient (Wildman–Crippen LogP) is 4.36. The zero-order chi connectivity index (χ0) is 23.9. The minimum absolute atomic E-state index is 0.0520. The lowest BCUT2D eigenvalue weighted by Crippen LogP contribution is -2.29. The summed E-state index contributed by atoms with van der Waals surface area (Å²) in [6, 6.07) is 19.1. The second-order valence-electron chi connectivity index (χ2n) is 7.95. The van der Waals surface area contributed by atoms with E-state index in [-0.39, 0.29) is 23.9 Å². The topological polar surface area (TPSA) is 90.5 Å². The minimum Gasteiger partial charge on any atom is -0.376 e. The maximum Gasteiger partial charge on any atom is 0.257 e. The van der Waals surface area contributed by atoms with Gasteiger partial charge in [0.2, 0.25) is 5.91 Å². The van der Waals surface area contributed by atoms with Crippen LogP contribution in [-0.4, -0.2) is 42.3 Å². The molecule has 0 unspecified atom stereocenters. The van der Waals surface area contributed by atoms with Gasteiger partial charge in [-0.3, -0.25) is 14.4 Å². The highest BCUT2D eigenvalue weighted by Gasteiger charge is 2.22. The van der Waals surface area contributed by atoms with Crippen molar-refractivity contribution in [1.82, 2.24) is 4.90 Å². The number of anilines is 3. The number of hydrogen-bond acceptors (Lipinski definition) is 4. The first kappa shape index (κ1) is 23.0. The summed E-state index contributed by atoms with van der Waals surface area (Å²) in [7, 11) is 0. The molecule has 3 N–H and O–H groups in total. The Morgan fingerprint density at radius 1 is 0.765 bits per heavy atom. The van der Waals surface area contributed by atoms with Gasteiger partial charge in [0.15, 0.2) is 0 Å². The number of benzene rings is 3. The number of nitrogens with one attached hydrogen (secondary N) is 3. The molecule has 8 heteroatoms. The molecule has 0 spiro atoms. The van der Waals surface area contributed by atoms with Gasteiger partial charge in [-0.15, -0.1) is 0 Å². The van der Waals surface area contributed by atoms with Crippen molar-refractivity contribution in [3.8, 4) is 0 Å². The molecule has 1 heterocycles. The Kier molecular flexibility index (Phi) is 7.17. The van der Waals surface area contributed by atoms with Crippen molar-refractivity contribution in [2.75, 3.05) is 35.6 Å². The van der Waals surface area contributed by atoms with Crippen molar-refractivity contribution < 1.29 is 18.8 Å². The molecule has 1 saturated heterocycles. The highest BCUT2D eigenvalue weighted by Crippen LogP contribution is 2.21. The summed E-state index contributed by atoms with van der Waals surface area (Å²) in [5.41, 5.74) is 2.15. The van der Waals surface area contributed by atoms with Gasteiger partial charge in [0.25, 0.3) is 11.8 Å². The third-order valence-electron chi connectivity index (χ3n) is 5.54. The zero-order valence-corrected chi connectivity index (χ0v) is 18.5. The number of carbonyl (C=O) groups excluding carboxylic acids is 3. The largest absolute Gasteiger partial charge is 0.376 e. The highest BCUT2D eigenvalue weighted by molar-refractivity contribution is 6.10. The molecule has 0 radical (unpaired) electrons. The molecular weight excluding hydrogens is 435 g/mol. The van der Waals surface area contributed by atoms with Crippen LogP contribution in [0.2, 0.25) is 0 Å². The van der Waals surface area contributed by atoms with Crippen LogP contribution in [0.25, 0.3) is 0 Å². The van der Waals surface area contributed by atoms with Crippen molar-refractivity contribution in [2.24, 2.45) is 0 Å². The second-order valence-corrected chi connectivity index (χ2v) is 7.95. The molecule has 4 rings (SSSR count). The van der Waals surface area contributed by atoms with E-state index in [0.29, 0.717) is 22.6 Å². The molecule has 3 aromatic rings. The van der Waals surface area contributed by atoms with Crippen LogP contribution < -0.4 is 16.0 Å². The molecule has 3 aromatic carbocycles. The summed E-state index contributed by atoms with van der Waals surface area (Å²) in [4.78, 5) is 40.0. The monoisotopic (exact) mass is 460 g/mol. The molecule has 1 fully saturated rings. The van der Waals surface area contributed by atoms with Gasteiger partial charge < -0.3 is 20.9 Å². The second kappa shape index (κ2) is 10.6. The number of para-hydroxylation sites is 2. The summed E-state index contributed by atoms with van der Waals surface area (Å²) in [5.74, 6) is -1.26. The minimum atomic E-state index is -0.433. The average Bonchev–Trinajstić information content (AvgIpc) is 3.39. The quantitative estimate of drug-likeness (QED) is 0.489. The third kappa shape index (κ3) is 5.58. The Balaban J connectivity index is 1.40. The number of amides is 3. The van der Waals surface area contributed by atoms with Crippen LogP contribution in [-0.2, 0) is 4.79 Å². The van der Waals surface area contributed by atoms with Crippen LogP contribution in [0, 0.1) is 5.82 Å². The van der Waals surface area contributed by atoms with Crippen LogP contribution in [0.1, 0.15) is 33.6 Å². The molecule has 3 amide bonds. The fourth-order valence-electron chi connectivity index (χ4n) is 3.81. The number of nitrogens with zero attached hydrogens (tertiary/aromatic N) is 1. The predicted molar refractivity (Wildman–Crippen MR) is 129 cm³/mol. The molecular formula is C26H25FN4O3. The smallest absolute Gasteiger partial charge is 0.257 e. The number of hydrogen-bond donors (Lipinski definition) is 3. The Hall–Kier alpha value is -4.20. The average molecular weight is 461 g/mol. The van der Waals surface area contributed by atoms with E-state index in [1.54, 1.807) is 48.5 Å². The molecule has 174 valence electrons. The molecule has 0 saturated carbocycles. The van der Waals surface area contributed by atoms with Crippen LogP contribution in [0.5, 0.6) is 0 Å². The van der Waals surface area contributed by atoms with E-state index in [4.69, 9.17) is 0 Å². The van der Waals surface area contributed by atoms with Gasteiger partial charge in [-0.25, -0.2) is 4.39 Å². The third-order valence-corrected chi connectivity index (χ3v) is 5.54. The van der Waals surface area contributed by atoms with Crippen LogP contribution >= 0.6 is 0 Å². The van der Waals surface area contributed by atoms with E-state index < -0.39 is 11.7 Å². The van der Waals surface area contributed by atoms with Crippen molar-refractivity contribution in [3.63, 3.8) is 0 Å². The first-order chi connectivity index (χ1) is 16.5.